The molecule has 0 aliphatic carbocycles. The van der Waals surface area contributed by atoms with Crippen LogP contribution >= 0.6 is 11.6 Å². The maximum Gasteiger partial charge on any atom is 0.354 e. The average Bonchev–Trinajstić information content (AvgIpc) is 2.80. The summed E-state index contributed by atoms with van der Waals surface area (Å²) in [4.78, 5) is 28.9. The van der Waals surface area contributed by atoms with Crippen molar-refractivity contribution in [3.8, 4) is 0 Å². The van der Waals surface area contributed by atoms with Crippen LogP contribution in [0.4, 0.5) is 10.1 Å². The Bertz CT molecular complexity index is 1200. The molecule has 35 heavy (non-hydrogen) atoms. The molecule has 0 bridgehead atoms. The number of nitrogens with zero attached hydrogens (tertiary/aromatic N) is 3. The average molecular weight is 500 g/mol. The van der Waals surface area contributed by atoms with Crippen LogP contribution in [0, 0.1) is 5.82 Å². The number of hydrogen-bond acceptors (Lipinski definition) is 6. The Morgan fingerprint density at radius 2 is 1.97 bits per heavy atom. The first-order valence-corrected chi connectivity index (χ1v) is 11.6. The molecular formula is C25H27ClFN5O3. The van der Waals surface area contributed by atoms with Crippen LogP contribution in [0.3, 0.4) is 0 Å². The zero-order valence-electron chi connectivity index (χ0n) is 19.0. The Labute approximate surface area is 207 Å². The van der Waals surface area contributed by atoms with Gasteiger partial charge in [-0.05, 0) is 61.2 Å². The van der Waals surface area contributed by atoms with Gasteiger partial charge in [0.2, 0.25) is 0 Å². The van der Waals surface area contributed by atoms with Gasteiger partial charge in [-0.15, -0.1) is 0 Å². The highest BCUT2D eigenvalue weighted by Gasteiger charge is 2.37. The number of piperidine rings is 1. The lowest BCUT2D eigenvalue weighted by molar-refractivity contribution is -0.134. The van der Waals surface area contributed by atoms with Gasteiger partial charge in [0.25, 0.3) is 5.91 Å². The van der Waals surface area contributed by atoms with Gasteiger partial charge in [-0.2, -0.15) is 0 Å². The second kappa shape index (κ2) is 10.6. The summed E-state index contributed by atoms with van der Waals surface area (Å²) in [6.07, 6.45) is 3.33. The van der Waals surface area contributed by atoms with E-state index in [1.54, 1.807) is 6.07 Å². The van der Waals surface area contributed by atoms with Crippen LogP contribution in [0.2, 0.25) is 5.02 Å². The third-order valence-corrected chi connectivity index (χ3v) is 6.47. The van der Waals surface area contributed by atoms with Crippen molar-refractivity contribution in [3.05, 3.63) is 88.1 Å². The maximum atomic E-state index is 14.0. The van der Waals surface area contributed by atoms with Gasteiger partial charge < -0.3 is 10.8 Å². The normalized spacial score (nSPS) is 20.6. The first-order valence-electron chi connectivity index (χ1n) is 11.3. The number of carboxylic acid groups (broad SMARTS) is 1. The Kier molecular flexibility index (Phi) is 7.51. The molecule has 10 heteroatoms. The summed E-state index contributed by atoms with van der Waals surface area (Å²) in [7, 11) is 0. The molecule has 2 heterocycles. The van der Waals surface area contributed by atoms with Crippen molar-refractivity contribution < 1.29 is 19.1 Å². The van der Waals surface area contributed by atoms with E-state index in [2.05, 4.69) is 4.90 Å². The number of carboxylic acids is 1. The van der Waals surface area contributed by atoms with E-state index < -0.39 is 17.7 Å². The summed E-state index contributed by atoms with van der Waals surface area (Å²) in [6, 6.07) is 12.5. The SMILES string of the molecule is NC1CCCN(C/C(Cc2ccccc2Cl)=C2/C(=O)N(c3cccc(F)c3)C(C(=O)O)=CN2N)C1. The van der Waals surface area contributed by atoms with E-state index in [4.69, 9.17) is 23.2 Å². The van der Waals surface area contributed by atoms with E-state index in [9.17, 15) is 19.1 Å². The van der Waals surface area contributed by atoms with Crippen LogP contribution < -0.4 is 16.5 Å². The number of hydrogen-bond donors (Lipinski definition) is 3. The number of amides is 1. The van der Waals surface area contributed by atoms with Gasteiger partial charge in [0.1, 0.15) is 11.5 Å². The highest BCUT2D eigenvalue weighted by atomic mass is 35.5. The fourth-order valence-corrected chi connectivity index (χ4v) is 4.73. The van der Waals surface area contributed by atoms with Crippen molar-refractivity contribution >= 4 is 29.2 Å². The van der Waals surface area contributed by atoms with Crippen LogP contribution in [-0.2, 0) is 16.0 Å². The van der Waals surface area contributed by atoms with E-state index in [1.165, 1.54) is 24.4 Å². The number of halogens is 2. The highest BCUT2D eigenvalue weighted by molar-refractivity contribution is 6.31. The molecule has 1 saturated heterocycles. The molecule has 2 aliphatic heterocycles. The van der Waals surface area contributed by atoms with Crippen molar-refractivity contribution in [2.75, 3.05) is 24.5 Å². The third kappa shape index (κ3) is 5.54. The monoisotopic (exact) mass is 499 g/mol. The molecule has 1 amide bonds. The smallest absolute Gasteiger partial charge is 0.354 e. The first-order chi connectivity index (χ1) is 16.7. The Balaban J connectivity index is 1.83. The molecule has 0 radical (unpaired) electrons. The van der Waals surface area contributed by atoms with Crippen molar-refractivity contribution in [2.45, 2.75) is 25.3 Å². The molecule has 2 aromatic carbocycles. The number of carbonyl (C=O) groups excluding carboxylic acids is 1. The predicted molar refractivity (Wildman–Crippen MR) is 131 cm³/mol. The Hall–Kier alpha value is -3.24. The molecule has 4 rings (SSSR count). The standard InChI is InChI=1S/C25H27ClFN5O3/c26-21-9-2-1-5-16(21)11-17(13-30-10-4-7-19(28)14-30)23-24(33)32(20-8-3-6-18(27)12-20)22(25(34)35)15-31(23)29/h1-3,5-6,8-9,12,15,19H,4,7,10-11,13-14,28-29H2,(H,34,35)/b23-17-. The first kappa shape index (κ1) is 24.9. The molecule has 1 atom stereocenters. The third-order valence-electron chi connectivity index (χ3n) is 6.10. The van der Waals surface area contributed by atoms with Crippen LogP contribution in [0.25, 0.3) is 0 Å². The molecule has 2 aromatic rings. The fraction of sp³-hybridized carbons (Fsp3) is 0.280. The van der Waals surface area contributed by atoms with Crippen LogP contribution in [-0.4, -0.2) is 52.6 Å². The molecule has 2 aliphatic rings. The lowest BCUT2D eigenvalue weighted by atomic mass is 9.98. The summed E-state index contributed by atoms with van der Waals surface area (Å²) < 4.78 is 14.0. The topological polar surface area (TPSA) is 116 Å². The van der Waals surface area contributed by atoms with Crippen LogP contribution in [0.5, 0.6) is 0 Å². The van der Waals surface area contributed by atoms with E-state index >= 15 is 0 Å². The summed E-state index contributed by atoms with van der Waals surface area (Å²) >= 11 is 6.42. The second-order valence-electron chi connectivity index (χ2n) is 8.70. The zero-order valence-corrected chi connectivity index (χ0v) is 19.8. The van der Waals surface area contributed by atoms with Gasteiger partial charge in [-0.3, -0.25) is 19.6 Å². The van der Waals surface area contributed by atoms with E-state index in [1.807, 2.05) is 18.2 Å². The molecule has 184 valence electrons. The zero-order chi connectivity index (χ0) is 25.1. The van der Waals surface area contributed by atoms with Gasteiger partial charge >= 0.3 is 5.97 Å². The minimum absolute atomic E-state index is 0.0219. The quantitative estimate of drug-likeness (QED) is 0.413. The van der Waals surface area contributed by atoms with Gasteiger partial charge in [-0.25, -0.2) is 15.0 Å². The molecule has 0 saturated carbocycles. The van der Waals surface area contributed by atoms with Gasteiger partial charge in [-0.1, -0.05) is 35.9 Å². The number of rotatable bonds is 6. The lowest BCUT2D eigenvalue weighted by Gasteiger charge is -2.36. The largest absolute Gasteiger partial charge is 0.477 e. The summed E-state index contributed by atoms with van der Waals surface area (Å²) in [6.45, 7) is 1.85. The van der Waals surface area contributed by atoms with Crippen LogP contribution in [0.1, 0.15) is 18.4 Å². The summed E-state index contributed by atoms with van der Waals surface area (Å²) in [5, 5.41) is 11.3. The molecule has 5 N–H and O–H groups in total. The number of carbonyl (C=O) groups is 2. The number of nitrogens with two attached hydrogens (primary N) is 2. The number of aliphatic carboxylic acids is 1. The van der Waals surface area contributed by atoms with E-state index in [-0.39, 0.29) is 23.1 Å². The number of likely N-dealkylation sites (tertiary alicyclic amines) is 1. The predicted octanol–water partition coefficient (Wildman–Crippen LogP) is 2.85. The summed E-state index contributed by atoms with van der Waals surface area (Å²) in [5.41, 5.74) is 7.44. The molecule has 8 nitrogen and oxygen atoms in total. The van der Waals surface area contributed by atoms with Crippen molar-refractivity contribution in [1.29, 1.82) is 0 Å². The van der Waals surface area contributed by atoms with Crippen molar-refractivity contribution in [1.82, 2.24) is 9.91 Å². The molecule has 1 fully saturated rings. The van der Waals surface area contributed by atoms with Gasteiger partial charge in [0.05, 0.1) is 11.9 Å². The number of anilines is 1. The van der Waals surface area contributed by atoms with Crippen LogP contribution in [0.15, 0.2) is 71.7 Å². The maximum absolute atomic E-state index is 14.0. The molecule has 0 aromatic heterocycles. The second-order valence-corrected chi connectivity index (χ2v) is 9.11. The number of hydrazine groups is 1. The Morgan fingerprint density at radius 1 is 1.20 bits per heavy atom. The minimum Gasteiger partial charge on any atom is -0.477 e. The van der Waals surface area contributed by atoms with Gasteiger partial charge in [0, 0.05) is 24.2 Å². The molecule has 0 spiro atoms. The van der Waals surface area contributed by atoms with Gasteiger partial charge in [0.15, 0.2) is 5.70 Å². The highest BCUT2D eigenvalue weighted by Crippen LogP contribution is 2.31. The van der Waals surface area contributed by atoms with E-state index in [0.29, 0.717) is 30.1 Å². The summed E-state index contributed by atoms with van der Waals surface area (Å²) in [5.74, 6) is 3.60. The van der Waals surface area contributed by atoms with E-state index in [0.717, 1.165) is 40.9 Å². The molecule has 1 unspecified atom stereocenters. The Morgan fingerprint density at radius 3 is 2.66 bits per heavy atom. The van der Waals surface area contributed by atoms with Crippen molar-refractivity contribution in [3.63, 3.8) is 0 Å². The fourth-order valence-electron chi connectivity index (χ4n) is 4.53. The lowest BCUT2D eigenvalue weighted by Crippen LogP contribution is -2.48. The molecular weight excluding hydrogens is 473 g/mol. The number of benzene rings is 2. The minimum atomic E-state index is -1.37. The van der Waals surface area contributed by atoms with Crippen molar-refractivity contribution in [2.24, 2.45) is 11.6 Å².